The van der Waals surface area contributed by atoms with Gasteiger partial charge in [0.15, 0.2) is 0 Å². The van der Waals surface area contributed by atoms with Gasteiger partial charge in [0.05, 0.1) is 12.5 Å². The van der Waals surface area contributed by atoms with E-state index in [-0.39, 0.29) is 11.9 Å². The maximum absolute atomic E-state index is 11.5. The zero-order chi connectivity index (χ0) is 9.97. The molecule has 2 aliphatic rings. The van der Waals surface area contributed by atoms with Crippen molar-refractivity contribution in [3.8, 4) is 0 Å². The van der Waals surface area contributed by atoms with Crippen LogP contribution in [0, 0.1) is 11.8 Å². The van der Waals surface area contributed by atoms with E-state index < -0.39 is 0 Å². The van der Waals surface area contributed by atoms with Crippen LogP contribution in [0.15, 0.2) is 36.0 Å². The lowest BCUT2D eigenvalue weighted by atomic mass is 10.2. The fourth-order valence-corrected chi connectivity index (χ4v) is 1.85. The molecule has 0 saturated heterocycles. The van der Waals surface area contributed by atoms with Crippen LogP contribution in [0.25, 0.3) is 0 Å². The van der Waals surface area contributed by atoms with Gasteiger partial charge in [-0.1, -0.05) is 36.0 Å². The number of ether oxygens (including phenoxy) is 1. The van der Waals surface area contributed by atoms with E-state index >= 15 is 0 Å². The van der Waals surface area contributed by atoms with Crippen molar-refractivity contribution in [1.82, 2.24) is 0 Å². The zero-order valence-electron chi connectivity index (χ0n) is 8.27. The highest BCUT2D eigenvalue weighted by molar-refractivity contribution is 5.83. The summed E-state index contributed by atoms with van der Waals surface area (Å²) in [7, 11) is 0. The normalized spacial score (nSPS) is 36.8. The van der Waals surface area contributed by atoms with E-state index in [0.717, 1.165) is 6.42 Å². The first kappa shape index (κ1) is 9.25. The molecule has 1 fully saturated rings. The molecule has 2 nitrogen and oxygen atoms in total. The van der Waals surface area contributed by atoms with Crippen LogP contribution in [0.3, 0.4) is 0 Å². The monoisotopic (exact) mass is 190 g/mol. The standard InChI is InChI=1S/C12H14O2/c1-2-14-12(13)11-9-7-5-3-4-6-8-10(9)11/h3-5,7-9,11H,2,6H2,1H3/b4-3-,7-5-,10-8+. The molecule has 2 unspecified atom stereocenters. The van der Waals surface area contributed by atoms with Gasteiger partial charge in [-0.3, -0.25) is 4.79 Å². The second-order valence-corrected chi connectivity index (χ2v) is 3.51. The Morgan fingerprint density at radius 1 is 1.57 bits per heavy atom. The Morgan fingerprint density at radius 2 is 2.43 bits per heavy atom. The highest BCUT2D eigenvalue weighted by Crippen LogP contribution is 2.48. The summed E-state index contributed by atoms with van der Waals surface area (Å²) in [4.78, 5) is 11.5. The molecule has 74 valence electrons. The van der Waals surface area contributed by atoms with Crippen LogP contribution >= 0.6 is 0 Å². The minimum Gasteiger partial charge on any atom is -0.466 e. The third kappa shape index (κ3) is 1.65. The molecule has 2 atom stereocenters. The molecule has 14 heavy (non-hydrogen) atoms. The third-order valence-corrected chi connectivity index (χ3v) is 2.59. The van der Waals surface area contributed by atoms with E-state index in [2.05, 4.69) is 18.2 Å². The maximum atomic E-state index is 11.5. The predicted octanol–water partition coefficient (Wildman–Crippen LogP) is 2.24. The molecule has 0 spiro atoms. The van der Waals surface area contributed by atoms with Gasteiger partial charge in [0.1, 0.15) is 0 Å². The maximum Gasteiger partial charge on any atom is 0.314 e. The van der Waals surface area contributed by atoms with Gasteiger partial charge in [-0.05, 0) is 13.3 Å². The highest BCUT2D eigenvalue weighted by atomic mass is 16.5. The summed E-state index contributed by atoms with van der Waals surface area (Å²) in [5.41, 5.74) is 1.23. The lowest BCUT2D eigenvalue weighted by Crippen LogP contribution is -2.07. The van der Waals surface area contributed by atoms with Crippen molar-refractivity contribution in [2.45, 2.75) is 13.3 Å². The molecule has 2 aliphatic carbocycles. The lowest BCUT2D eigenvalue weighted by molar-refractivity contribution is -0.144. The topological polar surface area (TPSA) is 26.3 Å². The average Bonchev–Trinajstić information content (AvgIpc) is 2.77. The number of rotatable bonds is 2. The molecular formula is C12H14O2. The van der Waals surface area contributed by atoms with Crippen LogP contribution < -0.4 is 0 Å². The lowest BCUT2D eigenvalue weighted by Gasteiger charge is -1.97. The van der Waals surface area contributed by atoms with Crippen molar-refractivity contribution < 1.29 is 9.53 Å². The van der Waals surface area contributed by atoms with Gasteiger partial charge in [0.25, 0.3) is 0 Å². The van der Waals surface area contributed by atoms with Crippen LogP contribution in [-0.2, 0) is 9.53 Å². The molecule has 0 aromatic heterocycles. The van der Waals surface area contributed by atoms with Crippen molar-refractivity contribution in [2.75, 3.05) is 6.61 Å². The minimum atomic E-state index is -0.0738. The zero-order valence-corrected chi connectivity index (χ0v) is 8.27. The third-order valence-electron chi connectivity index (χ3n) is 2.59. The number of carbonyl (C=O) groups is 1. The van der Waals surface area contributed by atoms with E-state index in [1.165, 1.54) is 5.57 Å². The number of fused-ring (bicyclic) bond motifs is 1. The fraction of sp³-hybridized carbons (Fsp3) is 0.417. The SMILES string of the molecule is CCOC(=O)C1/C2=C/C/C=C\C=C/C21. The average molecular weight is 190 g/mol. The second kappa shape index (κ2) is 3.82. The van der Waals surface area contributed by atoms with Crippen LogP contribution in [0.4, 0.5) is 0 Å². The highest BCUT2D eigenvalue weighted by Gasteiger charge is 2.48. The molecule has 2 heteroatoms. The second-order valence-electron chi connectivity index (χ2n) is 3.51. The summed E-state index contributed by atoms with van der Waals surface area (Å²) in [5, 5.41) is 0. The first-order valence-electron chi connectivity index (χ1n) is 5.04. The Hall–Kier alpha value is -1.31. The molecule has 0 bridgehead atoms. The fourth-order valence-electron chi connectivity index (χ4n) is 1.85. The van der Waals surface area contributed by atoms with E-state index in [4.69, 9.17) is 4.74 Å². The van der Waals surface area contributed by atoms with E-state index in [9.17, 15) is 4.79 Å². The summed E-state index contributed by atoms with van der Waals surface area (Å²) in [5.74, 6) is 0.236. The Morgan fingerprint density at radius 3 is 3.21 bits per heavy atom. The molecular weight excluding hydrogens is 176 g/mol. The van der Waals surface area contributed by atoms with Gasteiger partial charge in [-0.2, -0.15) is 0 Å². The van der Waals surface area contributed by atoms with E-state index in [0.29, 0.717) is 12.5 Å². The Bertz CT molecular complexity index is 323. The van der Waals surface area contributed by atoms with Gasteiger partial charge >= 0.3 is 5.97 Å². The first-order valence-corrected chi connectivity index (χ1v) is 5.04. The Kier molecular flexibility index (Phi) is 2.53. The summed E-state index contributed by atoms with van der Waals surface area (Å²) in [6.07, 6.45) is 11.2. The largest absolute Gasteiger partial charge is 0.466 e. The summed E-state index contributed by atoms with van der Waals surface area (Å²) >= 11 is 0. The summed E-state index contributed by atoms with van der Waals surface area (Å²) in [6.45, 7) is 2.31. The molecule has 0 radical (unpaired) electrons. The molecule has 0 amide bonds. The number of carbonyl (C=O) groups excluding carboxylic acids is 1. The van der Waals surface area contributed by atoms with Crippen LogP contribution in [-0.4, -0.2) is 12.6 Å². The Balaban J connectivity index is 2.06. The minimum absolute atomic E-state index is 0.00565. The first-order chi connectivity index (χ1) is 6.84. The van der Waals surface area contributed by atoms with Crippen molar-refractivity contribution in [3.63, 3.8) is 0 Å². The molecule has 0 aromatic rings. The molecule has 0 aromatic carbocycles. The van der Waals surface area contributed by atoms with Crippen molar-refractivity contribution in [3.05, 3.63) is 36.0 Å². The molecule has 0 heterocycles. The molecule has 0 aliphatic heterocycles. The molecule has 0 N–H and O–H groups in total. The van der Waals surface area contributed by atoms with E-state index in [1.807, 2.05) is 19.1 Å². The van der Waals surface area contributed by atoms with Gasteiger partial charge < -0.3 is 4.74 Å². The van der Waals surface area contributed by atoms with Gasteiger partial charge in [-0.15, -0.1) is 0 Å². The van der Waals surface area contributed by atoms with Gasteiger partial charge in [0, 0.05) is 5.92 Å². The number of hydrogen-bond donors (Lipinski definition) is 0. The Labute approximate surface area is 83.9 Å². The molecule has 2 rings (SSSR count). The predicted molar refractivity (Wildman–Crippen MR) is 54.6 cm³/mol. The summed E-state index contributed by atoms with van der Waals surface area (Å²) < 4.78 is 5.01. The summed E-state index contributed by atoms with van der Waals surface area (Å²) in [6, 6.07) is 0. The number of hydrogen-bond acceptors (Lipinski definition) is 2. The smallest absolute Gasteiger partial charge is 0.314 e. The van der Waals surface area contributed by atoms with Crippen LogP contribution in [0.5, 0.6) is 0 Å². The molecule has 1 saturated carbocycles. The van der Waals surface area contributed by atoms with Crippen molar-refractivity contribution in [2.24, 2.45) is 11.8 Å². The van der Waals surface area contributed by atoms with Crippen molar-refractivity contribution in [1.29, 1.82) is 0 Å². The van der Waals surface area contributed by atoms with Crippen LogP contribution in [0.1, 0.15) is 13.3 Å². The van der Waals surface area contributed by atoms with Crippen molar-refractivity contribution >= 4 is 5.97 Å². The van der Waals surface area contributed by atoms with E-state index in [1.54, 1.807) is 0 Å². The van der Waals surface area contributed by atoms with Crippen LogP contribution in [0.2, 0.25) is 0 Å². The number of allylic oxidation sites excluding steroid dienone is 5. The number of esters is 1. The van der Waals surface area contributed by atoms with Gasteiger partial charge in [-0.25, -0.2) is 0 Å². The quantitative estimate of drug-likeness (QED) is 0.493. The van der Waals surface area contributed by atoms with Gasteiger partial charge in [0.2, 0.25) is 0 Å².